The van der Waals surface area contributed by atoms with Crippen LogP contribution >= 0.6 is 0 Å². The molecule has 1 aromatic heterocycles. The van der Waals surface area contributed by atoms with Crippen molar-refractivity contribution in [3.63, 3.8) is 0 Å². The van der Waals surface area contributed by atoms with Gasteiger partial charge < -0.3 is 9.15 Å². The minimum Gasteiger partial charge on any atom is -0.481 e. The molecule has 1 heterocycles. The van der Waals surface area contributed by atoms with Gasteiger partial charge in [-0.1, -0.05) is 24.2 Å². The number of amides is 1. The lowest BCUT2D eigenvalue weighted by atomic mass is 10.2. The third-order valence-electron chi connectivity index (χ3n) is 2.69. The number of anilines is 1. The molecule has 0 saturated heterocycles. The average Bonchev–Trinajstić information content (AvgIpc) is 2.81. The summed E-state index contributed by atoms with van der Waals surface area (Å²) in [6.07, 6.45) is -0.0728. The van der Waals surface area contributed by atoms with Gasteiger partial charge in [0.15, 0.2) is 6.10 Å². The van der Waals surface area contributed by atoms with Gasteiger partial charge >= 0.3 is 6.01 Å². The van der Waals surface area contributed by atoms with Crippen LogP contribution in [0.15, 0.2) is 28.7 Å². The Labute approximate surface area is 117 Å². The second-order valence-electron chi connectivity index (χ2n) is 4.45. The van der Waals surface area contributed by atoms with E-state index in [0.717, 1.165) is 5.56 Å². The summed E-state index contributed by atoms with van der Waals surface area (Å²) in [4.78, 5) is 12.1. The summed E-state index contributed by atoms with van der Waals surface area (Å²) >= 11 is 0. The molecular formula is C14H17N3O3. The third-order valence-corrected chi connectivity index (χ3v) is 2.69. The van der Waals surface area contributed by atoms with Crippen LogP contribution in [0.4, 0.5) is 6.01 Å². The number of rotatable bonds is 5. The maximum atomic E-state index is 12.1. The summed E-state index contributed by atoms with van der Waals surface area (Å²) in [6, 6.07) is 7.64. The Kier molecular flexibility index (Phi) is 4.34. The van der Waals surface area contributed by atoms with Crippen LogP contribution in [0, 0.1) is 13.8 Å². The number of ether oxygens (including phenoxy) is 1. The third kappa shape index (κ3) is 3.57. The molecule has 0 fully saturated rings. The molecule has 106 valence electrons. The SMILES string of the molecule is CCC(Oc1cccc(C)c1)C(=O)Nc1nnc(C)o1. The Morgan fingerprint density at radius 3 is 2.80 bits per heavy atom. The summed E-state index contributed by atoms with van der Waals surface area (Å²) in [5.41, 5.74) is 1.07. The van der Waals surface area contributed by atoms with Gasteiger partial charge in [0.1, 0.15) is 5.75 Å². The highest BCUT2D eigenvalue weighted by molar-refractivity contribution is 5.92. The first-order valence-corrected chi connectivity index (χ1v) is 6.42. The molecular weight excluding hydrogens is 258 g/mol. The lowest BCUT2D eigenvalue weighted by Crippen LogP contribution is -2.32. The number of benzene rings is 1. The van der Waals surface area contributed by atoms with Gasteiger partial charge in [-0.3, -0.25) is 10.1 Å². The molecule has 1 atom stereocenters. The van der Waals surface area contributed by atoms with Crippen molar-refractivity contribution in [2.45, 2.75) is 33.3 Å². The molecule has 0 aliphatic rings. The van der Waals surface area contributed by atoms with Crippen LogP contribution in [0.2, 0.25) is 0 Å². The highest BCUT2D eigenvalue weighted by Crippen LogP contribution is 2.16. The van der Waals surface area contributed by atoms with Crippen molar-refractivity contribution < 1.29 is 13.9 Å². The molecule has 0 saturated carbocycles. The van der Waals surface area contributed by atoms with E-state index in [0.29, 0.717) is 18.1 Å². The maximum Gasteiger partial charge on any atom is 0.322 e. The summed E-state index contributed by atoms with van der Waals surface area (Å²) < 4.78 is 10.8. The van der Waals surface area contributed by atoms with Crippen molar-refractivity contribution in [1.29, 1.82) is 0 Å². The number of carbonyl (C=O) groups excluding carboxylic acids is 1. The van der Waals surface area contributed by atoms with Crippen LogP contribution in [0.3, 0.4) is 0 Å². The van der Waals surface area contributed by atoms with E-state index >= 15 is 0 Å². The van der Waals surface area contributed by atoms with E-state index in [1.165, 1.54) is 0 Å². The van der Waals surface area contributed by atoms with Crippen molar-refractivity contribution >= 4 is 11.9 Å². The van der Waals surface area contributed by atoms with Gasteiger partial charge in [-0.05, 0) is 31.0 Å². The Bertz CT molecular complexity index is 595. The number of aryl methyl sites for hydroxylation is 2. The van der Waals surface area contributed by atoms with Gasteiger partial charge in [0.25, 0.3) is 5.91 Å². The molecule has 0 radical (unpaired) electrons. The van der Waals surface area contributed by atoms with Gasteiger partial charge in [0.2, 0.25) is 5.89 Å². The molecule has 2 rings (SSSR count). The predicted molar refractivity (Wildman–Crippen MR) is 73.6 cm³/mol. The molecule has 1 unspecified atom stereocenters. The van der Waals surface area contributed by atoms with Gasteiger partial charge in [0.05, 0.1) is 0 Å². The zero-order valence-corrected chi connectivity index (χ0v) is 11.7. The number of hydrogen-bond donors (Lipinski definition) is 1. The normalized spacial score (nSPS) is 11.9. The fourth-order valence-corrected chi connectivity index (χ4v) is 1.71. The monoisotopic (exact) mass is 275 g/mol. The van der Waals surface area contributed by atoms with Gasteiger partial charge in [0, 0.05) is 6.92 Å². The molecule has 1 aromatic carbocycles. The number of nitrogens with one attached hydrogen (secondary N) is 1. The standard InChI is InChI=1S/C14H17N3O3/c1-4-12(20-11-7-5-6-9(2)8-11)13(18)15-14-17-16-10(3)19-14/h5-8,12H,4H2,1-3H3,(H,15,17,18). The number of aromatic nitrogens is 2. The van der Waals surface area contributed by atoms with Crippen LogP contribution in [-0.2, 0) is 4.79 Å². The highest BCUT2D eigenvalue weighted by atomic mass is 16.5. The average molecular weight is 275 g/mol. The van der Waals surface area contributed by atoms with Crippen molar-refractivity contribution in [2.75, 3.05) is 5.32 Å². The molecule has 0 spiro atoms. The molecule has 1 N–H and O–H groups in total. The van der Waals surface area contributed by atoms with Gasteiger partial charge in [-0.25, -0.2) is 0 Å². The summed E-state index contributed by atoms with van der Waals surface area (Å²) in [7, 11) is 0. The molecule has 6 nitrogen and oxygen atoms in total. The summed E-state index contributed by atoms with van der Waals surface area (Å²) in [5.74, 6) is 0.749. The Morgan fingerprint density at radius 1 is 1.40 bits per heavy atom. The maximum absolute atomic E-state index is 12.1. The smallest absolute Gasteiger partial charge is 0.322 e. The second kappa shape index (κ2) is 6.18. The lowest BCUT2D eigenvalue weighted by molar-refractivity contribution is -0.123. The minimum absolute atomic E-state index is 0.0822. The Morgan fingerprint density at radius 2 is 2.20 bits per heavy atom. The van der Waals surface area contributed by atoms with E-state index in [4.69, 9.17) is 9.15 Å². The first-order chi connectivity index (χ1) is 9.58. The Hall–Kier alpha value is -2.37. The molecule has 6 heteroatoms. The molecule has 20 heavy (non-hydrogen) atoms. The quantitative estimate of drug-likeness (QED) is 0.907. The van der Waals surface area contributed by atoms with E-state index in [2.05, 4.69) is 15.5 Å². The van der Waals surface area contributed by atoms with Crippen molar-refractivity contribution in [3.05, 3.63) is 35.7 Å². The zero-order chi connectivity index (χ0) is 14.5. The van der Waals surface area contributed by atoms with E-state index in [1.54, 1.807) is 6.92 Å². The van der Waals surface area contributed by atoms with E-state index in [9.17, 15) is 4.79 Å². The molecule has 1 amide bonds. The van der Waals surface area contributed by atoms with Crippen molar-refractivity contribution in [2.24, 2.45) is 0 Å². The molecule has 2 aromatic rings. The fourth-order valence-electron chi connectivity index (χ4n) is 1.71. The summed E-state index contributed by atoms with van der Waals surface area (Å²) in [5, 5.41) is 9.91. The topological polar surface area (TPSA) is 77.2 Å². The number of carbonyl (C=O) groups is 1. The first-order valence-electron chi connectivity index (χ1n) is 6.42. The van der Waals surface area contributed by atoms with Crippen LogP contribution < -0.4 is 10.1 Å². The van der Waals surface area contributed by atoms with Crippen molar-refractivity contribution in [1.82, 2.24) is 10.2 Å². The highest BCUT2D eigenvalue weighted by Gasteiger charge is 2.20. The van der Waals surface area contributed by atoms with Gasteiger partial charge in [-0.2, -0.15) is 0 Å². The summed E-state index contributed by atoms with van der Waals surface area (Å²) in [6.45, 7) is 5.50. The number of nitrogens with zero attached hydrogens (tertiary/aromatic N) is 2. The molecule has 0 bridgehead atoms. The largest absolute Gasteiger partial charge is 0.481 e. The first kappa shape index (κ1) is 14.0. The van der Waals surface area contributed by atoms with E-state index < -0.39 is 6.10 Å². The second-order valence-corrected chi connectivity index (χ2v) is 4.45. The van der Waals surface area contributed by atoms with E-state index in [-0.39, 0.29) is 11.9 Å². The number of hydrogen-bond acceptors (Lipinski definition) is 5. The van der Waals surface area contributed by atoms with Crippen molar-refractivity contribution in [3.8, 4) is 5.75 Å². The fraction of sp³-hybridized carbons (Fsp3) is 0.357. The Balaban J connectivity index is 2.02. The zero-order valence-electron chi connectivity index (χ0n) is 11.7. The lowest BCUT2D eigenvalue weighted by Gasteiger charge is -2.16. The molecule has 0 aliphatic heterocycles. The van der Waals surface area contributed by atoms with Gasteiger partial charge in [-0.15, -0.1) is 5.10 Å². The molecule has 0 aliphatic carbocycles. The van der Waals surface area contributed by atoms with Crippen LogP contribution in [-0.4, -0.2) is 22.2 Å². The van der Waals surface area contributed by atoms with Crippen LogP contribution in [0.25, 0.3) is 0 Å². The minimum atomic E-state index is -0.607. The van der Waals surface area contributed by atoms with Crippen LogP contribution in [0.1, 0.15) is 24.8 Å². The predicted octanol–water partition coefficient (Wildman–Crippen LogP) is 2.48. The van der Waals surface area contributed by atoms with E-state index in [1.807, 2.05) is 38.1 Å². The van der Waals surface area contributed by atoms with Crippen LogP contribution in [0.5, 0.6) is 5.75 Å².